The number of para-hydroxylation sites is 2. The van der Waals surface area contributed by atoms with Crippen LogP contribution in [0.5, 0.6) is 0 Å². The van der Waals surface area contributed by atoms with Gasteiger partial charge in [-0.3, -0.25) is 9.59 Å². The fourth-order valence-electron chi connectivity index (χ4n) is 4.26. The van der Waals surface area contributed by atoms with Crippen molar-refractivity contribution < 1.29 is 9.59 Å². The molecule has 4 rings (SSSR count). The predicted octanol–water partition coefficient (Wildman–Crippen LogP) is 3.45. The molecule has 1 aromatic heterocycles. The molecule has 1 N–H and O–H groups in total. The zero-order valence-electron chi connectivity index (χ0n) is 18.1. The SMILES string of the molecule is CC(C)(C)C(=O)N1CCC(C(=O)Nc2nc3ccccc3nc2N2CCCC2)CC1. The molecule has 7 nitrogen and oxygen atoms in total. The molecule has 2 aliphatic heterocycles. The van der Waals surface area contributed by atoms with Crippen molar-refractivity contribution in [2.24, 2.45) is 11.3 Å². The van der Waals surface area contributed by atoms with Crippen molar-refractivity contribution in [1.29, 1.82) is 0 Å². The number of benzene rings is 1. The number of aromatic nitrogens is 2. The largest absolute Gasteiger partial charge is 0.354 e. The smallest absolute Gasteiger partial charge is 0.228 e. The molecule has 2 saturated heterocycles. The molecule has 0 aliphatic carbocycles. The molecular formula is C23H31N5O2. The van der Waals surface area contributed by atoms with E-state index >= 15 is 0 Å². The zero-order valence-corrected chi connectivity index (χ0v) is 18.1. The molecule has 3 heterocycles. The molecule has 1 aromatic carbocycles. The van der Waals surface area contributed by atoms with Gasteiger partial charge in [-0.05, 0) is 37.8 Å². The van der Waals surface area contributed by atoms with Crippen molar-refractivity contribution in [3.8, 4) is 0 Å². The highest BCUT2D eigenvalue weighted by atomic mass is 16.2. The standard InChI is InChI=1S/C23H31N5O2/c1-23(2,3)22(30)28-14-10-16(11-15-28)21(29)26-19-20(27-12-6-7-13-27)25-18-9-5-4-8-17(18)24-19/h4-5,8-9,16H,6-7,10-15H2,1-3H3,(H,24,26,29). The molecule has 0 bridgehead atoms. The van der Waals surface area contributed by atoms with Crippen molar-refractivity contribution >= 4 is 34.5 Å². The second-order valence-electron chi connectivity index (χ2n) is 9.38. The zero-order chi connectivity index (χ0) is 21.3. The lowest BCUT2D eigenvalue weighted by Gasteiger charge is -2.35. The number of carbonyl (C=O) groups is 2. The van der Waals surface area contributed by atoms with Crippen LogP contribution in [0.1, 0.15) is 46.5 Å². The molecule has 30 heavy (non-hydrogen) atoms. The average Bonchev–Trinajstić information content (AvgIpc) is 3.27. The van der Waals surface area contributed by atoms with Crippen molar-refractivity contribution in [3.63, 3.8) is 0 Å². The monoisotopic (exact) mass is 409 g/mol. The summed E-state index contributed by atoms with van der Waals surface area (Å²) in [6.45, 7) is 8.92. The number of likely N-dealkylation sites (tertiary alicyclic amines) is 1. The van der Waals surface area contributed by atoms with E-state index in [0.29, 0.717) is 31.7 Å². The molecule has 0 radical (unpaired) electrons. The summed E-state index contributed by atoms with van der Waals surface area (Å²) >= 11 is 0. The second-order valence-corrected chi connectivity index (χ2v) is 9.38. The Balaban J connectivity index is 1.49. The Kier molecular flexibility index (Phi) is 5.62. The molecule has 0 unspecified atom stereocenters. The maximum Gasteiger partial charge on any atom is 0.228 e. The van der Waals surface area contributed by atoms with Crippen LogP contribution < -0.4 is 10.2 Å². The predicted molar refractivity (Wildman–Crippen MR) is 118 cm³/mol. The van der Waals surface area contributed by atoms with E-state index in [9.17, 15) is 9.59 Å². The lowest BCUT2D eigenvalue weighted by molar-refractivity contribution is -0.142. The number of nitrogens with one attached hydrogen (secondary N) is 1. The third-order valence-corrected chi connectivity index (χ3v) is 5.99. The van der Waals surface area contributed by atoms with E-state index in [0.717, 1.165) is 42.8 Å². The average molecular weight is 410 g/mol. The third kappa shape index (κ3) is 4.25. The molecule has 2 amide bonds. The summed E-state index contributed by atoms with van der Waals surface area (Å²) in [6, 6.07) is 7.76. The number of carbonyl (C=O) groups excluding carboxylic acids is 2. The van der Waals surface area contributed by atoms with E-state index < -0.39 is 0 Å². The summed E-state index contributed by atoms with van der Waals surface area (Å²) < 4.78 is 0. The number of hydrogen-bond acceptors (Lipinski definition) is 5. The Morgan fingerprint density at radius 1 is 0.967 bits per heavy atom. The van der Waals surface area contributed by atoms with Crippen LogP contribution in [-0.4, -0.2) is 52.9 Å². The number of hydrogen-bond donors (Lipinski definition) is 1. The molecule has 2 aliphatic rings. The Morgan fingerprint density at radius 3 is 2.17 bits per heavy atom. The second kappa shape index (κ2) is 8.20. The first kappa shape index (κ1) is 20.6. The van der Waals surface area contributed by atoms with Crippen molar-refractivity contribution in [1.82, 2.24) is 14.9 Å². The summed E-state index contributed by atoms with van der Waals surface area (Å²) in [5, 5.41) is 3.07. The van der Waals surface area contributed by atoms with Gasteiger partial charge in [-0.2, -0.15) is 0 Å². The summed E-state index contributed by atoms with van der Waals surface area (Å²) in [6.07, 6.45) is 3.60. The van der Waals surface area contributed by atoms with Gasteiger partial charge in [-0.25, -0.2) is 9.97 Å². The van der Waals surface area contributed by atoms with Crippen LogP contribution in [-0.2, 0) is 9.59 Å². The molecule has 7 heteroatoms. The summed E-state index contributed by atoms with van der Waals surface area (Å²) in [5.41, 5.74) is 1.23. The van der Waals surface area contributed by atoms with Crippen LogP contribution in [0.15, 0.2) is 24.3 Å². The first-order valence-electron chi connectivity index (χ1n) is 10.9. The van der Waals surface area contributed by atoms with Gasteiger partial charge in [0.2, 0.25) is 11.8 Å². The highest BCUT2D eigenvalue weighted by molar-refractivity contribution is 5.96. The van der Waals surface area contributed by atoms with Crippen LogP contribution >= 0.6 is 0 Å². The van der Waals surface area contributed by atoms with Gasteiger partial charge in [0.25, 0.3) is 0 Å². The number of fused-ring (bicyclic) bond motifs is 1. The number of nitrogens with zero attached hydrogens (tertiary/aromatic N) is 4. The van der Waals surface area contributed by atoms with Crippen molar-refractivity contribution in [3.05, 3.63) is 24.3 Å². The molecule has 0 saturated carbocycles. The normalized spacial score (nSPS) is 18.1. The summed E-state index contributed by atoms with van der Waals surface area (Å²) in [7, 11) is 0. The minimum Gasteiger partial charge on any atom is -0.354 e. The Morgan fingerprint density at radius 2 is 1.57 bits per heavy atom. The first-order valence-corrected chi connectivity index (χ1v) is 10.9. The minimum absolute atomic E-state index is 0.0251. The Bertz CT molecular complexity index is 938. The van der Waals surface area contributed by atoms with Crippen molar-refractivity contribution in [2.45, 2.75) is 46.5 Å². The fourth-order valence-corrected chi connectivity index (χ4v) is 4.26. The topological polar surface area (TPSA) is 78.4 Å². The minimum atomic E-state index is -0.388. The highest BCUT2D eigenvalue weighted by Gasteiger charge is 2.33. The Hall–Kier alpha value is -2.70. The highest BCUT2D eigenvalue weighted by Crippen LogP contribution is 2.29. The lowest BCUT2D eigenvalue weighted by Crippen LogP contribution is -2.45. The van der Waals surface area contributed by atoms with Gasteiger partial charge in [0.15, 0.2) is 11.6 Å². The van der Waals surface area contributed by atoms with E-state index in [1.807, 2.05) is 49.9 Å². The molecule has 0 atom stereocenters. The molecule has 2 fully saturated rings. The quantitative estimate of drug-likeness (QED) is 0.840. The molecule has 0 spiro atoms. The van der Waals surface area contributed by atoms with Gasteiger partial charge in [-0.15, -0.1) is 0 Å². The number of amides is 2. The van der Waals surface area contributed by atoms with E-state index in [1.54, 1.807) is 0 Å². The fraction of sp³-hybridized carbons (Fsp3) is 0.565. The maximum atomic E-state index is 13.0. The van der Waals surface area contributed by atoms with Gasteiger partial charge >= 0.3 is 0 Å². The van der Waals surface area contributed by atoms with E-state index in [4.69, 9.17) is 9.97 Å². The van der Waals surface area contributed by atoms with Gasteiger partial charge in [-0.1, -0.05) is 32.9 Å². The number of rotatable bonds is 3. The van der Waals surface area contributed by atoms with E-state index in [1.165, 1.54) is 0 Å². The van der Waals surface area contributed by atoms with Crippen LogP contribution in [0.25, 0.3) is 11.0 Å². The van der Waals surface area contributed by atoms with Gasteiger partial charge in [0, 0.05) is 37.5 Å². The maximum absolute atomic E-state index is 13.0. The van der Waals surface area contributed by atoms with Crippen LogP contribution in [0.3, 0.4) is 0 Å². The third-order valence-electron chi connectivity index (χ3n) is 5.99. The summed E-state index contributed by atoms with van der Waals surface area (Å²) in [4.78, 5) is 39.2. The van der Waals surface area contributed by atoms with E-state index in [2.05, 4.69) is 10.2 Å². The molecular weight excluding hydrogens is 378 g/mol. The van der Waals surface area contributed by atoms with Crippen LogP contribution in [0, 0.1) is 11.3 Å². The van der Waals surface area contributed by atoms with Crippen LogP contribution in [0.2, 0.25) is 0 Å². The number of anilines is 2. The lowest BCUT2D eigenvalue weighted by atomic mass is 9.90. The number of piperidine rings is 1. The Labute approximate surface area is 177 Å². The van der Waals surface area contributed by atoms with Crippen LogP contribution in [0.4, 0.5) is 11.6 Å². The molecule has 2 aromatic rings. The van der Waals surface area contributed by atoms with Crippen molar-refractivity contribution in [2.75, 3.05) is 36.4 Å². The first-order chi connectivity index (χ1) is 14.3. The van der Waals surface area contributed by atoms with Gasteiger partial charge < -0.3 is 15.1 Å². The van der Waals surface area contributed by atoms with Gasteiger partial charge in [0.05, 0.1) is 11.0 Å². The van der Waals surface area contributed by atoms with E-state index in [-0.39, 0.29) is 23.1 Å². The summed E-state index contributed by atoms with van der Waals surface area (Å²) in [5.74, 6) is 1.32. The molecule has 160 valence electrons. The van der Waals surface area contributed by atoms with Gasteiger partial charge in [0.1, 0.15) is 0 Å².